The van der Waals surface area contributed by atoms with E-state index in [0.29, 0.717) is 9.89 Å². The molecule has 86 valence electrons. The van der Waals surface area contributed by atoms with Crippen molar-refractivity contribution in [2.75, 3.05) is 23.7 Å². The minimum Gasteiger partial charge on any atom is -0.383 e. The predicted octanol–water partition coefficient (Wildman–Crippen LogP) is 3.60. The molecule has 0 aromatic heterocycles. The van der Waals surface area contributed by atoms with Crippen LogP contribution in [0.15, 0.2) is 16.6 Å². The lowest BCUT2D eigenvalue weighted by molar-refractivity contribution is 0.171. The molecule has 1 saturated carbocycles. The van der Waals surface area contributed by atoms with Gasteiger partial charge >= 0.3 is 0 Å². The highest BCUT2D eigenvalue weighted by Gasteiger charge is 2.38. The van der Waals surface area contributed by atoms with Crippen molar-refractivity contribution in [2.24, 2.45) is 5.41 Å². The van der Waals surface area contributed by atoms with Crippen molar-refractivity contribution in [1.29, 1.82) is 0 Å². The Bertz CT molecular complexity index is 394. The molecular weight excluding hydrogens is 271 g/mol. The molecule has 0 bridgehead atoms. The first-order valence-electron chi connectivity index (χ1n) is 5.65. The summed E-state index contributed by atoms with van der Waals surface area (Å²) in [6.45, 7) is 1.94. The standard InChI is InChI=1S/C12H14BrFN2/c13-8-4-10-11(5-9(8)14)16-7-12(6-15-10)2-1-3-12/h4-5,15-16H,1-3,6-7H2. The van der Waals surface area contributed by atoms with Gasteiger partial charge in [0.25, 0.3) is 0 Å². The van der Waals surface area contributed by atoms with Gasteiger partial charge in [-0.05, 0) is 34.8 Å². The average molecular weight is 285 g/mol. The summed E-state index contributed by atoms with van der Waals surface area (Å²) in [5.74, 6) is -0.211. The molecular formula is C12H14BrFN2. The van der Waals surface area contributed by atoms with Crippen LogP contribution in [-0.4, -0.2) is 13.1 Å². The van der Waals surface area contributed by atoms with E-state index in [1.54, 1.807) is 6.07 Å². The molecule has 0 atom stereocenters. The fraction of sp³-hybridized carbons (Fsp3) is 0.500. The van der Waals surface area contributed by atoms with E-state index in [-0.39, 0.29) is 5.82 Å². The Labute approximate surface area is 103 Å². The second-order valence-electron chi connectivity index (χ2n) is 4.87. The highest BCUT2D eigenvalue weighted by Crippen LogP contribution is 2.44. The van der Waals surface area contributed by atoms with E-state index < -0.39 is 0 Å². The molecule has 0 radical (unpaired) electrons. The lowest BCUT2D eigenvalue weighted by atomic mass is 9.69. The van der Waals surface area contributed by atoms with Crippen molar-refractivity contribution >= 4 is 27.3 Å². The smallest absolute Gasteiger partial charge is 0.139 e. The molecule has 1 aromatic rings. The fourth-order valence-corrected chi connectivity index (χ4v) is 2.84. The minimum absolute atomic E-state index is 0.211. The molecule has 2 nitrogen and oxygen atoms in total. The monoisotopic (exact) mass is 284 g/mol. The van der Waals surface area contributed by atoms with Crippen LogP contribution in [0.1, 0.15) is 19.3 Å². The number of anilines is 2. The fourth-order valence-electron chi connectivity index (χ4n) is 2.50. The van der Waals surface area contributed by atoms with Gasteiger partial charge in [-0.15, -0.1) is 0 Å². The van der Waals surface area contributed by atoms with Gasteiger partial charge in [0.15, 0.2) is 0 Å². The zero-order valence-corrected chi connectivity index (χ0v) is 10.5. The van der Waals surface area contributed by atoms with E-state index in [9.17, 15) is 4.39 Å². The Balaban J connectivity index is 1.91. The maximum atomic E-state index is 13.4. The van der Waals surface area contributed by atoms with Crippen molar-refractivity contribution in [1.82, 2.24) is 0 Å². The van der Waals surface area contributed by atoms with Crippen molar-refractivity contribution in [2.45, 2.75) is 19.3 Å². The summed E-state index contributed by atoms with van der Waals surface area (Å²) in [6, 6.07) is 3.37. The molecule has 1 heterocycles. The van der Waals surface area contributed by atoms with Gasteiger partial charge in [0.1, 0.15) is 5.82 Å². The highest BCUT2D eigenvalue weighted by atomic mass is 79.9. The number of rotatable bonds is 0. The molecule has 1 spiro atoms. The summed E-state index contributed by atoms with van der Waals surface area (Å²) in [6.07, 6.45) is 3.85. The molecule has 0 amide bonds. The Kier molecular flexibility index (Phi) is 2.35. The third-order valence-corrected chi connectivity index (χ3v) is 4.39. The number of nitrogens with one attached hydrogen (secondary N) is 2. The zero-order chi connectivity index (χ0) is 11.2. The summed E-state index contributed by atoms with van der Waals surface area (Å²) >= 11 is 3.22. The van der Waals surface area contributed by atoms with Crippen molar-refractivity contribution in [3.8, 4) is 0 Å². The van der Waals surface area contributed by atoms with Gasteiger partial charge in [-0.25, -0.2) is 4.39 Å². The second kappa shape index (κ2) is 3.62. The van der Waals surface area contributed by atoms with Crippen molar-refractivity contribution in [3.05, 3.63) is 22.4 Å². The molecule has 0 unspecified atom stereocenters. The molecule has 0 saturated heterocycles. The Morgan fingerprint density at radius 1 is 1.12 bits per heavy atom. The van der Waals surface area contributed by atoms with Crippen LogP contribution in [0.25, 0.3) is 0 Å². The van der Waals surface area contributed by atoms with Gasteiger partial charge in [-0.3, -0.25) is 0 Å². The van der Waals surface area contributed by atoms with E-state index in [0.717, 1.165) is 24.5 Å². The molecule has 3 rings (SSSR count). The third kappa shape index (κ3) is 1.59. The molecule has 1 fully saturated rings. The maximum Gasteiger partial charge on any atom is 0.139 e. The lowest BCUT2D eigenvalue weighted by Gasteiger charge is -2.41. The summed E-state index contributed by atoms with van der Waals surface area (Å²) in [7, 11) is 0. The average Bonchev–Trinajstić information content (AvgIpc) is 2.38. The number of halogens is 2. The number of hydrogen-bond acceptors (Lipinski definition) is 2. The zero-order valence-electron chi connectivity index (χ0n) is 8.95. The van der Waals surface area contributed by atoms with Gasteiger partial charge in [0, 0.05) is 24.6 Å². The summed E-state index contributed by atoms with van der Waals surface area (Å²) in [5.41, 5.74) is 2.27. The molecule has 16 heavy (non-hydrogen) atoms. The summed E-state index contributed by atoms with van der Waals surface area (Å²) < 4.78 is 13.9. The number of hydrogen-bond donors (Lipinski definition) is 2. The molecule has 2 aliphatic rings. The maximum absolute atomic E-state index is 13.4. The molecule has 1 aliphatic carbocycles. The Morgan fingerprint density at radius 2 is 1.75 bits per heavy atom. The highest BCUT2D eigenvalue weighted by molar-refractivity contribution is 9.10. The molecule has 1 aliphatic heterocycles. The van der Waals surface area contributed by atoms with Crippen LogP contribution >= 0.6 is 15.9 Å². The van der Waals surface area contributed by atoms with Gasteiger partial charge in [0.2, 0.25) is 0 Å². The van der Waals surface area contributed by atoms with Crippen LogP contribution in [0, 0.1) is 11.2 Å². The van der Waals surface area contributed by atoms with Gasteiger partial charge in [0.05, 0.1) is 15.8 Å². The molecule has 1 aromatic carbocycles. The van der Waals surface area contributed by atoms with Crippen LogP contribution < -0.4 is 10.6 Å². The normalized spacial score (nSPS) is 21.4. The van der Waals surface area contributed by atoms with Crippen LogP contribution in [-0.2, 0) is 0 Å². The topological polar surface area (TPSA) is 24.1 Å². The number of benzene rings is 1. The van der Waals surface area contributed by atoms with Crippen molar-refractivity contribution in [3.63, 3.8) is 0 Å². The lowest BCUT2D eigenvalue weighted by Crippen LogP contribution is -2.40. The first-order valence-corrected chi connectivity index (χ1v) is 6.45. The largest absolute Gasteiger partial charge is 0.383 e. The first kappa shape index (κ1) is 10.4. The SMILES string of the molecule is Fc1cc2c(cc1Br)NCC1(CCC1)CN2. The van der Waals surface area contributed by atoms with Gasteiger partial charge in [-0.2, -0.15) is 0 Å². The Hall–Kier alpha value is -0.770. The van der Waals surface area contributed by atoms with Crippen LogP contribution in [0.2, 0.25) is 0 Å². The van der Waals surface area contributed by atoms with E-state index in [2.05, 4.69) is 26.6 Å². The van der Waals surface area contributed by atoms with E-state index in [4.69, 9.17) is 0 Å². The van der Waals surface area contributed by atoms with Crippen LogP contribution in [0.4, 0.5) is 15.8 Å². The van der Waals surface area contributed by atoms with Crippen molar-refractivity contribution < 1.29 is 4.39 Å². The summed E-state index contributed by atoms with van der Waals surface area (Å²) in [4.78, 5) is 0. The van der Waals surface area contributed by atoms with Crippen LogP contribution in [0.3, 0.4) is 0 Å². The van der Waals surface area contributed by atoms with Gasteiger partial charge in [-0.1, -0.05) is 6.42 Å². The molecule has 2 N–H and O–H groups in total. The van der Waals surface area contributed by atoms with E-state index in [1.807, 2.05) is 6.07 Å². The van der Waals surface area contributed by atoms with E-state index in [1.165, 1.54) is 19.3 Å². The van der Waals surface area contributed by atoms with E-state index >= 15 is 0 Å². The predicted molar refractivity (Wildman–Crippen MR) is 67.4 cm³/mol. The number of fused-ring (bicyclic) bond motifs is 1. The first-order chi connectivity index (χ1) is 7.69. The quantitative estimate of drug-likeness (QED) is 0.761. The minimum atomic E-state index is -0.211. The van der Waals surface area contributed by atoms with Gasteiger partial charge < -0.3 is 10.6 Å². The summed E-state index contributed by atoms with van der Waals surface area (Å²) in [5, 5.41) is 6.79. The molecule has 4 heteroatoms. The third-order valence-electron chi connectivity index (χ3n) is 3.78. The second-order valence-corrected chi connectivity index (χ2v) is 5.73. The van der Waals surface area contributed by atoms with Crippen LogP contribution in [0.5, 0.6) is 0 Å². The Morgan fingerprint density at radius 3 is 2.31 bits per heavy atom.